The van der Waals surface area contributed by atoms with Gasteiger partial charge in [0, 0.05) is 23.6 Å². The summed E-state index contributed by atoms with van der Waals surface area (Å²) in [7, 11) is 0. The van der Waals surface area contributed by atoms with Crippen molar-refractivity contribution in [3.8, 4) is 11.3 Å². The minimum atomic E-state index is -4.68. The molecule has 0 saturated heterocycles. The zero-order chi connectivity index (χ0) is 17.2. The summed E-state index contributed by atoms with van der Waals surface area (Å²) in [5.74, 6) is -0.300. The average Bonchev–Trinajstić information content (AvgIpc) is 2.55. The van der Waals surface area contributed by atoms with Crippen LogP contribution in [0.4, 0.5) is 30.8 Å². The highest BCUT2D eigenvalue weighted by atomic mass is 19.4. The summed E-state index contributed by atoms with van der Waals surface area (Å²) in [4.78, 5) is 15.0. The van der Waals surface area contributed by atoms with Crippen LogP contribution in [0, 0.1) is 0 Å². The van der Waals surface area contributed by atoms with Gasteiger partial charge < -0.3 is 11.1 Å². The quantitative estimate of drug-likeness (QED) is 0.765. The molecule has 3 aromatic rings. The van der Waals surface area contributed by atoms with Crippen molar-refractivity contribution in [3.05, 3.63) is 54.5 Å². The number of hydrogen-bond donors (Lipinski definition) is 2. The van der Waals surface area contributed by atoms with Gasteiger partial charge in [-0.3, -0.25) is 0 Å². The minimum Gasteiger partial charge on any atom is -0.368 e. The van der Waals surface area contributed by atoms with Gasteiger partial charge in [-0.2, -0.15) is 13.2 Å². The van der Waals surface area contributed by atoms with Crippen LogP contribution in [0.2, 0.25) is 0 Å². The summed E-state index contributed by atoms with van der Waals surface area (Å²) >= 11 is 0. The summed E-state index contributed by atoms with van der Waals surface area (Å²) in [6.45, 7) is 0. The highest BCUT2D eigenvalue weighted by Gasteiger charge is 2.36. The van der Waals surface area contributed by atoms with Crippen molar-refractivity contribution in [2.75, 3.05) is 11.1 Å². The summed E-state index contributed by atoms with van der Waals surface area (Å²) in [6.07, 6.45) is -2.33. The highest BCUT2D eigenvalue weighted by Crippen LogP contribution is 2.35. The first kappa shape index (κ1) is 15.7. The number of nitrogen functional groups attached to an aromatic ring is 1. The van der Waals surface area contributed by atoms with Gasteiger partial charge in [-0.25, -0.2) is 19.9 Å². The number of aromatic nitrogens is 4. The lowest BCUT2D eigenvalue weighted by molar-refractivity contribution is -0.140. The number of nitrogens with one attached hydrogen (secondary N) is 1. The maximum Gasteiger partial charge on any atom is 0.434 e. The number of rotatable bonds is 3. The Morgan fingerprint density at radius 1 is 0.958 bits per heavy atom. The molecular weight excluding hydrogens is 321 g/mol. The lowest BCUT2D eigenvalue weighted by atomic mass is 10.1. The van der Waals surface area contributed by atoms with Crippen molar-refractivity contribution in [2.24, 2.45) is 0 Å². The van der Waals surface area contributed by atoms with Crippen LogP contribution in [0.3, 0.4) is 0 Å². The number of halogens is 3. The lowest BCUT2D eigenvalue weighted by Gasteiger charge is -2.12. The predicted molar refractivity (Wildman–Crippen MR) is 82.2 cm³/mol. The molecule has 0 radical (unpaired) electrons. The molecule has 0 amide bonds. The predicted octanol–water partition coefficient (Wildman–Crippen LogP) is 3.28. The van der Waals surface area contributed by atoms with Gasteiger partial charge in [0.2, 0.25) is 11.9 Å². The molecule has 2 aromatic heterocycles. The highest BCUT2D eigenvalue weighted by molar-refractivity contribution is 5.64. The second-order valence-electron chi connectivity index (χ2n) is 4.74. The maximum absolute atomic E-state index is 13.2. The molecule has 0 bridgehead atoms. The molecule has 0 aliphatic heterocycles. The maximum atomic E-state index is 13.2. The summed E-state index contributed by atoms with van der Waals surface area (Å²) in [5.41, 5.74) is 4.60. The molecule has 1 aromatic carbocycles. The summed E-state index contributed by atoms with van der Waals surface area (Å²) in [6, 6.07) is 10.4. The van der Waals surface area contributed by atoms with Crippen LogP contribution in [-0.4, -0.2) is 19.9 Å². The van der Waals surface area contributed by atoms with Gasteiger partial charge in [-0.1, -0.05) is 18.2 Å². The molecule has 9 heteroatoms. The normalized spacial score (nSPS) is 11.3. The Morgan fingerprint density at radius 2 is 1.71 bits per heavy atom. The van der Waals surface area contributed by atoms with Gasteiger partial charge in [-0.15, -0.1) is 0 Å². The number of hydrogen-bond acceptors (Lipinski definition) is 6. The van der Waals surface area contributed by atoms with E-state index < -0.39 is 17.8 Å². The van der Waals surface area contributed by atoms with Crippen LogP contribution in [0.1, 0.15) is 5.69 Å². The minimum absolute atomic E-state index is 0.0377. The van der Waals surface area contributed by atoms with Crippen molar-refractivity contribution in [3.63, 3.8) is 0 Å². The van der Waals surface area contributed by atoms with Gasteiger partial charge in [0.1, 0.15) is 0 Å². The van der Waals surface area contributed by atoms with E-state index in [-0.39, 0.29) is 17.2 Å². The van der Waals surface area contributed by atoms with E-state index in [4.69, 9.17) is 5.73 Å². The van der Waals surface area contributed by atoms with E-state index in [2.05, 4.69) is 25.3 Å². The fourth-order valence-electron chi connectivity index (χ4n) is 2.02. The third kappa shape index (κ3) is 3.40. The first-order chi connectivity index (χ1) is 11.4. The van der Waals surface area contributed by atoms with Crippen LogP contribution in [0.25, 0.3) is 11.3 Å². The van der Waals surface area contributed by atoms with Crippen LogP contribution in [-0.2, 0) is 6.18 Å². The standard InChI is InChI=1S/C15H11F3N6/c16-15(17,18)12-10(8-21-13(19)24-12)11-6-7-20-14(23-11)22-9-4-2-1-3-5-9/h1-8H,(H2,19,21,24)(H,20,22,23). The van der Waals surface area contributed by atoms with Gasteiger partial charge in [0.25, 0.3) is 0 Å². The molecule has 24 heavy (non-hydrogen) atoms. The molecule has 2 heterocycles. The molecule has 0 fully saturated rings. The average molecular weight is 332 g/mol. The Hall–Kier alpha value is -3.23. The monoisotopic (exact) mass is 332 g/mol. The number of benzene rings is 1. The Kier molecular flexibility index (Phi) is 3.98. The van der Waals surface area contributed by atoms with E-state index in [1.165, 1.54) is 12.3 Å². The molecule has 0 aliphatic rings. The van der Waals surface area contributed by atoms with Gasteiger partial charge in [0.15, 0.2) is 5.69 Å². The summed E-state index contributed by atoms with van der Waals surface area (Å²) < 4.78 is 39.5. The zero-order valence-corrected chi connectivity index (χ0v) is 12.1. The van der Waals surface area contributed by atoms with Crippen molar-refractivity contribution in [2.45, 2.75) is 6.18 Å². The Balaban J connectivity index is 2.01. The number of alkyl halides is 3. The number of nitrogens with zero attached hydrogens (tertiary/aromatic N) is 4. The van der Waals surface area contributed by atoms with Crippen molar-refractivity contribution in [1.82, 2.24) is 19.9 Å². The zero-order valence-electron chi connectivity index (χ0n) is 12.1. The fourth-order valence-corrected chi connectivity index (χ4v) is 2.02. The van der Waals surface area contributed by atoms with Gasteiger partial charge in [0.05, 0.1) is 5.69 Å². The molecule has 3 rings (SSSR count). The molecule has 0 saturated carbocycles. The smallest absolute Gasteiger partial charge is 0.368 e. The molecule has 0 aliphatic carbocycles. The number of para-hydroxylation sites is 1. The number of nitrogens with two attached hydrogens (primary N) is 1. The molecule has 0 atom stereocenters. The van der Waals surface area contributed by atoms with E-state index in [9.17, 15) is 13.2 Å². The summed E-state index contributed by atoms with van der Waals surface area (Å²) in [5, 5.41) is 2.91. The van der Waals surface area contributed by atoms with Crippen LogP contribution in [0.5, 0.6) is 0 Å². The number of anilines is 3. The van der Waals surface area contributed by atoms with E-state index in [0.717, 1.165) is 6.20 Å². The van der Waals surface area contributed by atoms with E-state index in [1.54, 1.807) is 12.1 Å². The first-order valence-corrected chi connectivity index (χ1v) is 6.79. The Morgan fingerprint density at radius 3 is 2.42 bits per heavy atom. The third-order valence-electron chi connectivity index (χ3n) is 3.04. The van der Waals surface area contributed by atoms with Gasteiger partial charge in [-0.05, 0) is 18.2 Å². The molecule has 122 valence electrons. The van der Waals surface area contributed by atoms with Crippen molar-refractivity contribution >= 4 is 17.6 Å². The molecule has 0 unspecified atom stereocenters. The molecule has 3 N–H and O–H groups in total. The van der Waals surface area contributed by atoms with Crippen molar-refractivity contribution < 1.29 is 13.2 Å². The van der Waals surface area contributed by atoms with E-state index in [1.807, 2.05) is 18.2 Å². The molecule has 6 nitrogen and oxygen atoms in total. The lowest BCUT2D eigenvalue weighted by Crippen LogP contribution is -2.13. The SMILES string of the molecule is Nc1ncc(-c2ccnc(Nc3ccccc3)n2)c(C(F)(F)F)n1. The van der Waals surface area contributed by atoms with E-state index >= 15 is 0 Å². The molecule has 0 spiro atoms. The van der Waals surface area contributed by atoms with Crippen LogP contribution < -0.4 is 11.1 Å². The molecular formula is C15H11F3N6. The second-order valence-corrected chi connectivity index (χ2v) is 4.74. The van der Waals surface area contributed by atoms with Crippen molar-refractivity contribution in [1.29, 1.82) is 0 Å². The van der Waals surface area contributed by atoms with Crippen LogP contribution >= 0.6 is 0 Å². The fraction of sp³-hybridized carbons (Fsp3) is 0.0667. The van der Waals surface area contributed by atoms with E-state index in [0.29, 0.717) is 5.69 Å². The Labute approximate surface area is 134 Å². The largest absolute Gasteiger partial charge is 0.434 e. The second kappa shape index (κ2) is 6.11. The van der Waals surface area contributed by atoms with Crippen LogP contribution in [0.15, 0.2) is 48.8 Å². The first-order valence-electron chi connectivity index (χ1n) is 6.79. The topological polar surface area (TPSA) is 89.6 Å². The third-order valence-corrected chi connectivity index (χ3v) is 3.04. The Bertz CT molecular complexity index is 851. The van der Waals surface area contributed by atoms with Gasteiger partial charge >= 0.3 is 6.18 Å².